The van der Waals surface area contributed by atoms with Gasteiger partial charge in [-0.25, -0.2) is 4.98 Å². The van der Waals surface area contributed by atoms with Gasteiger partial charge in [-0.15, -0.1) is 0 Å². The first-order valence-electron chi connectivity index (χ1n) is 4.91. The van der Waals surface area contributed by atoms with Crippen molar-refractivity contribution < 1.29 is 4.74 Å². The first-order valence-corrected chi connectivity index (χ1v) is 5.67. The van der Waals surface area contributed by atoms with Gasteiger partial charge in [-0.2, -0.15) is 0 Å². The normalized spacial score (nSPS) is 10.3. The predicted molar refractivity (Wildman–Crippen MR) is 69.9 cm³/mol. The minimum Gasteiger partial charge on any atom is -0.439 e. The third-order valence-corrected chi connectivity index (χ3v) is 2.57. The van der Waals surface area contributed by atoms with Crippen molar-refractivity contribution in [3.63, 3.8) is 0 Å². The minimum atomic E-state index is 0.298. The summed E-state index contributed by atoms with van der Waals surface area (Å²) in [6.07, 6.45) is 0. The average molecular weight is 269 g/mol. The fraction of sp³-hybridized carbons (Fsp3) is 0.0833. The molecule has 2 N–H and O–H groups in total. The Morgan fingerprint density at radius 3 is 2.59 bits per heavy atom. The molecule has 1 aromatic heterocycles. The second kappa shape index (κ2) is 4.82. The molecule has 0 atom stereocenters. The van der Waals surface area contributed by atoms with Crippen LogP contribution in [0.4, 0.5) is 5.69 Å². The molecule has 0 aliphatic carbocycles. The molecule has 0 aliphatic rings. The quantitative estimate of drug-likeness (QED) is 0.836. The molecule has 0 amide bonds. The van der Waals surface area contributed by atoms with E-state index in [1.54, 1.807) is 24.3 Å². The molecule has 2 aromatic rings. The molecule has 3 nitrogen and oxygen atoms in total. The number of anilines is 1. The van der Waals surface area contributed by atoms with Crippen molar-refractivity contribution in [1.82, 2.24) is 4.98 Å². The Morgan fingerprint density at radius 2 is 1.94 bits per heavy atom. The molecule has 5 heteroatoms. The van der Waals surface area contributed by atoms with E-state index in [0.717, 1.165) is 5.56 Å². The first kappa shape index (κ1) is 12.0. The van der Waals surface area contributed by atoms with Crippen molar-refractivity contribution in [3.8, 4) is 11.6 Å². The number of hydrogen-bond acceptors (Lipinski definition) is 3. The van der Waals surface area contributed by atoms with E-state index in [9.17, 15) is 0 Å². The molecule has 1 heterocycles. The van der Waals surface area contributed by atoms with Crippen LogP contribution in [0.2, 0.25) is 10.2 Å². The largest absolute Gasteiger partial charge is 0.439 e. The lowest BCUT2D eigenvalue weighted by Gasteiger charge is -2.08. The molecule has 0 fully saturated rings. The van der Waals surface area contributed by atoms with Crippen LogP contribution in [0.1, 0.15) is 5.56 Å². The summed E-state index contributed by atoms with van der Waals surface area (Å²) in [6.45, 7) is 1.90. The smallest absolute Gasteiger partial charge is 0.222 e. The average Bonchev–Trinajstić information content (AvgIpc) is 2.21. The van der Waals surface area contributed by atoms with Gasteiger partial charge in [0.25, 0.3) is 0 Å². The molecular formula is C12H10Cl2N2O. The molecule has 88 valence electrons. The summed E-state index contributed by atoms with van der Waals surface area (Å²) in [6, 6.07) is 8.50. The van der Waals surface area contributed by atoms with E-state index in [1.807, 2.05) is 13.0 Å². The maximum atomic E-state index is 5.86. The van der Waals surface area contributed by atoms with Crippen LogP contribution in [0.15, 0.2) is 30.3 Å². The highest BCUT2D eigenvalue weighted by Crippen LogP contribution is 2.28. The summed E-state index contributed by atoms with van der Waals surface area (Å²) in [4.78, 5) is 4.02. The zero-order valence-electron chi connectivity index (χ0n) is 9.08. The second-order valence-electron chi connectivity index (χ2n) is 3.57. The van der Waals surface area contributed by atoms with Crippen LogP contribution in [-0.2, 0) is 0 Å². The van der Waals surface area contributed by atoms with E-state index in [0.29, 0.717) is 27.5 Å². The standard InChI is InChI=1S/C12H10Cl2N2O/c1-7-4-8(13)2-3-10(7)17-12-6-9(15)5-11(14)16-12/h2-6H,1H3,(H2,15,16). The first-order chi connectivity index (χ1) is 8.04. The van der Waals surface area contributed by atoms with E-state index in [-0.39, 0.29) is 0 Å². The summed E-state index contributed by atoms with van der Waals surface area (Å²) in [7, 11) is 0. The van der Waals surface area contributed by atoms with Gasteiger partial charge in [0.2, 0.25) is 5.88 Å². The zero-order chi connectivity index (χ0) is 12.4. The number of hydrogen-bond donors (Lipinski definition) is 1. The number of aromatic nitrogens is 1. The molecule has 2 rings (SSSR count). The van der Waals surface area contributed by atoms with Crippen molar-refractivity contribution in [3.05, 3.63) is 46.1 Å². The van der Waals surface area contributed by atoms with Gasteiger partial charge in [0, 0.05) is 16.8 Å². The van der Waals surface area contributed by atoms with Crippen LogP contribution in [0.3, 0.4) is 0 Å². The minimum absolute atomic E-state index is 0.298. The number of nitrogen functional groups attached to an aromatic ring is 1. The van der Waals surface area contributed by atoms with E-state index in [2.05, 4.69) is 4.98 Å². The lowest BCUT2D eigenvalue weighted by atomic mass is 10.2. The number of benzene rings is 1. The van der Waals surface area contributed by atoms with E-state index in [1.165, 1.54) is 0 Å². The molecular weight excluding hydrogens is 259 g/mol. The van der Waals surface area contributed by atoms with E-state index in [4.69, 9.17) is 33.7 Å². The topological polar surface area (TPSA) is 48.1 Å². The number of nitrogens with zero attached hydrogens (tertiary/aromatic N) is 1. The third kappa shape index (κ3) is 3.02. The van der Waals surface area contributed by atoms with Crippen LogP contribution in [0, 0.1) is 6.92 Å². The van der Waals surface area contributed by atoms with E-state index >= 15 is 0 Å². The fourth-order valence-electron chi connectivity index (χ4n) is 1.38. The van der Waals surface area contributed by atoms with Gasteiger partial charge in [-0.3, -0.25) is 0 Å². The number of halogens is 2. The Labute approximate surface area is 109 Å². The lowest BCUT2D eigenvalue weighted by molar-refractivity contribution is 0.460. The molecule has 0 radical (unpaired) electrons. The highest BCUT2D eigenvalue weighted by atomic mass is 35.5. The Kier molecular flexibility index (Phi) is 3.41. The van der Waals surface area contributed by atoms with Gasteiger partial charge in [0.15, 0.2) is 0 Å². The molecule has 17 heavy (non-hydrogen) atoms. The van der Waals surface area contributed by atoms with E-state index < -0.39 is 0 Å². The second-order valence-corrected chi connectivity index (χ2v) is 4.40. The van der Waals surface area contributed by atoms with Crippen molar-refractivity contribution >= 4 is 28.9 Å². The van der Waals surface area contributed by atoms with Gasteiger partial charge < -0.3 is 10.5 Å². The van der Waals surface area contributed by atoms with Gasteiger partial charge in [0.05, 0.1) is 0 Å². The van der Waals surface area contributed by atoms with Crippen molar-refractivity contribution in [2.75, 3.05) is 5.73 Å². The van der Waals surface area contributed by atoms with Crippen LogP contribution >= 0.6 is 23.2 Å². The Hall–Kier alpha value is -1.45. The third-order valence-electron chi connectivity index (χ3n) is 2.14. The molecule has 0 saturated carbocycles. The number of rotatable bonds is 2. The molecule has 0 bridgehead atoms. The van der Waals surface area contributed by atoms with Gasteiger partial charge in [0.1, 0.15) is 10.9 Å². The summed E-state index contributed by atoms with van der Waals surface area (Å²) in [5.74, 6) is 1.03. The highest BCUT2D eigenvalue weighted by Gasteiger charge is 2.05. The summed E-state index contributed by atoms with van der Waals surface area (Å²) in [5, 5.41) is 0.958. The Morgan fingerprint density at radius 1 is 1.18 bits per heavy atom. The predicted octanol–water partition coefficient (Wildman–Crippen LogP) is 4.07. The highest BCUT2D eigenvalue weighted by molar-refractivity contribution is 6.30. The Balaban J connectivity index is 2.31. The van der Waals surface area contributed by atoms with Gasteiger partial charge in [-0.1, -0.05) is 23.2 Å². The number of pyridine rings is 1. The SMILES string of the molecule is Cc1cc(Cl)ccc1Oc1cc(N)cc(Cl)n1. The lowest BCUT2D eigenvalue weighted by Crippen LogP contribution is -1.93. The summed E-state index contributed by atoms with van der Waals surface area (Å²) >= 11 is 11.6. The molecule has 0 saturated heterocycles. The monoisotopic (exact) mass is 268 g/mol. The van der Waals surface area contributed by atoms with Crippen LogP contribution in [0.5, 0.6) is 11.6 Å². The molecule has 0 aliphatic heterocycles. The van der Waals surface area contributed by atoms with Crippen molar-refractivity contribution in [1.29, 1.82) is 0 Å². The molecule has 0 unspecified atom stereocenters. The summed E-state index contributed by atoms with van der Waals surface area (Å²) < 4.78 is 5.59. The molecule has 1 aromatic carbocycles. The van der Waals surface area contributed by atoms with Crippen LogP contribution in [0.25, 0.3) is 0 Å². The van der Waals surface area contributed by atoms with Crippen LogP contribution < -0.4 is 10.5 Å². The fourth-order valence-corrected chi connectivity index (χ4v) is 1.82. The van der Waals surface area contributed by atoms with Crippen LogP contribution in [-0.4, -0.2) is 4.98 Å². The molecule has 0 spiro atoms. The maximum Gasteiger partial charge on any atom is 0.222 e. The Bertz CT molecular complexity index is 538. The zero-order valence-corrected chi connectivity index (χ0v) is 10.6. The maximum absolute atomic E-state index is 5.86. The van der Waals surface area contributed by atoms with Crippen molar-refractivity contribution in [2.45, 2.75) is 6.92 Å². The van der Waals surface area contributed by atoms with Gasteiger partial charge in [-0.05, 0) is 36.8 Å². The number of nitrogens with two attached hydrogens (primary N) is 1. The van der Waals surface area contributed by atoms with Crippen molar-refractivity contribution in [2.24, 2.45) is 0 Å². The number of ether oxygens (including phenoxy) is 1. The van der Waals surface area contributed by atoms with Gasteiger partial charge >= 0.3 is 0 Å². The summed E-state index contributed by atoms with van der Waals surface area (Å²) in [5.41, 5.74) is 7.07. The number of aryl methyl sites for hydroxylation is 1.